The highest BCUT2D eigenvalue weighted by Crippen LogP contribution is 2.27. The lowest BCUT2D eigenvalue weighted by Gasteiger charge is -2.46. The Hall–Kier alpha value is -1.06. The number of amides is 2. The van der Waals surface area contributed by atoms with Gasteiger partial charge in [0.1, 0.15) is 11.6 Å². The van der Waals surface area contributed by atoms with Gasteiger partial charge in [0, 0.05) is 6.54 Å². The van der Waals surface area contributed by atoms with Gasteiger partial charge >= 0.3 is 0 Å². The Bertz CT molecular complexity index is 379. The monoisotopic (exact) mass is 296 g/mol. The Morgan fingerprint density at radius 1 is 1.19 bits per heavy atom. The van der Waals surface area contributed by atoms with Crippen molar-refractivity contribution in [2.75, 3.05) is 6.54 Å². The zero-order valence-corrected chi connectivity index (χ0v) is 14.5. The fourth-order valence-corrected chi connectivity index (χ4v) is 2.93. The maximum atomic E-state index is 12.8. The SMILES string of the molecule is CCC1(C)C(=O)NC(CC(C)C)C(=O)N1CCCC(C)C. The molecule has 1 rings (SSSR count). The number of nitrogens with zero attached hydrogens (tertiary/aromatic N) is 1. The minimum Gasteiger partial charge on any atom is -0.342 e. The normalized spacial score (nSPS) is 26.7. The minimum absolute atomic E-state index is 0.000188. The van der Waals surface area contributed by atoms with Gasteiger partial charge in [0.25, 0.3) is 0 Å². The van der Waals surface area contributed by atoms with Gasteiger partial charge in [-0.1, -0.05) is 34.6 Å². The first-order valence-corrected chi connectivity index (χ1v) is 8.34. The molecule has 4 nitrogen and oxygen atoms in total. The minimum atomic E-state index is -0.693. The molecule has 0 aromatic heterocycles. The van der Waals surface area contributed by atoms with E-state index >= 15 is 0 Å². The van der Waals surface area contributed by atoms with Crippen LogP contribution in [0.15, 0.2) is 0 Å². The van der Waals surface area contributed by atoms with Gasteiger partial charge in [-0.05, 0) is 44.4 Å². The summed E-state index contributed by atoms with van der Waals surface area (Å²) in [5, 5.41) is 2.94. The lowest BCUT2D eigenvalue weighted by Crippen LogP contribution is -2.69. The van der Waals surface area contributed by atoms with Crippen LogP contribution in [0.25, 0.3) is 0 Å². The molecule has 1 N–H and O–H groups in total. The van der Waals surface area contributed by atoms with E-state index in [4.69, 9.17) is 0 Å². The van der Waals surface area contributed by atoms with Crippen molar-refractivity contribution in [3.05, 3.63) is 0 Å². The summed E-state index contributed by atoms with van der Waals surface area (Å²) < 4.78 is 0. The summed E-state index contributed by atoms with van der Waals surface area (Å²) in [7, 11) is 0. The van der Waals surface area contributed by atoms with Crippen molar-refractivity contribution in [1.82, 2.24) is 10.2 Å². The van der Waals surface area contributed by atoms with Crippen LogP contribution in [0.4, 0.5) is 0 Å². The Morgan fingerprint density at radius 2 is 1.81 bits per heavy atom. The molecule has 1 aliphatic heterocycles. The number of rotatable bonds is 7. The van der Waals surface area contributed by atoms with Crippen LogP contribution in [0.5, 0.6) is 0 Å². The van der Waals surface area contributed by atoms with Gasteiger partial charge < -0.3 is 10.2 Å². The molecule has 0 bridgehead atoms. The highest BCUT2D eigenvalue weighted by atomic mass is 16.2. The van der Waals surface area contributed by atoms with E-state index in [1.165, 1.54) is 0 Å². The summed E-state index contributed by atoms with van der Waals surface area (Å²) in [4.78, 5) is 27.1. The molecule has 1 fully saturated rings. The van der Waals surface area contributed by atoms with Crippen molar-refractivity contribution in [3.8, 4) is 0 Å². The van der Waals surface area contributed by atoms with Crippen molar-refractivity contribution >= 4 is 11.8 Å². The van der Waals surface area contributed by atoms with Gasteiger partial charge in [-0.3, -0.25) is 9.59 Å². The zero-order chi connectivity index (χ0) is 16.2. The van der Waals surface area contributed by atoms with Crippen LogP contribution in [0, 0.1) is 11.8 Å². The second-order valence-corrected chi connectivity index (χ2v) is 7.31. The molecule has 1 heterocycles. The number of carbonyl (C=O) groups is 2. The van der Waals surface area contributed by atoms with Crippen LogP contribution in [0.2, 0.25) is 0 Å². The predicted molar refractivity (Wildman–Crippen MR) is 85.9 cm³/mol. The second kappa shape index (κ2) is 7.28. The molecular formula is C17H32N2O2. The van der Waals surface area contributed by atoms with Crippen molar-refractivity contribution in [2.24, 2.45) is 11.8 Å². The van der Waals surface area contributed by atoms with Gasteiger partial charge in [0.15, 0.2) is 0 Å². The molecule has 0 radical (unpaired) electrons. The van der Waals surface area contributed by atoms with Crippen LogP contribution in [0.3, 0.4) is 0 Å². The third-order valence-electron chi connectivity index (χ3n) is 4.51. The first kappa shape index (κ1) is 18.0. The molecule has 2 unspecified atom stereocenters. The van der Waals surface area contributed by atoms with Gasteiger partial charge in [-0.25, -0.2) is 0 Å². The van der Waals surface area contributed by atoms with E-state index in [0.29, 0.717) is 31.2 Å². The lowest BCUT2D eigenvalue weighted by molar-refractivity contribution is -0.157. The highest BCUT2D eigenvalue weighted by molar-refractivity contribution is 5.99. The maximum absolute atomic E-state index is 12.8. The van der Waals surface area contributed by atoms with E-state index in [2.05, 4.69) is 33.0 Å². The van der Waals surface area contributed by atoms with Gasteiger partial charge in [0.2, 0.25) is 11.8 Å². The smallest absolute Gasteiger partial charge is 0.246 e. The standard InChI is InChI=1S/C17H32N2O2/c1-7-17(6)16(21)18-14(11-13(4)5)15(20)19(17)10-8-9-12(2)3/h12-14H,7-11H2,1-6H3,(H,18,21). The first-order chi connectivity index (χ1) is 9.72. The summed E-state index contributed by atoms with van der Waals surface area (Å²) in [5.41, 5.74) is -0.693. The van der Waals surface area contributed by atoms with E-state index in [1.807, 2.05) is 18.7 Å². The first-order valence-electron chi connectivity index (χ1n) is 8.34. The Kier molecular flexibility index (Phi) is 6.24. The van der Waals surface area contributed by atoms with Crippen molar-refractivity contribution in [2.45, 2.75) is 78.8 Å². The van der Waals surface area contributed by atoms with Gasteiger partial charge in [-0.2, -0.15) is 0 Å². The molecule has 2 amide bonds. The molecule has 4 heteroatoms. The van der Waals surface area contributed by atoms with Crippen molar-refractivity contribution < 1.29 is 9.59 Å². The quantitative estimate of drug-likeness (QED) is 0.785. The van der Waals surface area contributed by atoms with Crippen LogP contribution < -0.4 is 5.32 Å². The third kappa shape index (κ3) is 4.21. The molecular weight excluding hydrogens is 264 g/mol. The zero-order valence-electron chi connectivity index (χ0n) is 14.5. The summed E-state index contributed by atoms with van der Waals surface area (Å²) in [6.07, 6.45) is 3.41. The van der Waals surface area contributed by atoms with E-state index in [-0.39, 0.29) is 17.9 Å². The largest absolute Gasteiger partial charge is 0.342 e. The average molecular weight is 296 g/mol. The van der Waals surface area contributed by atoms with Crippen LogP contribution in [0.1, 0.15) is 67.2 Å². The van der Waals surface area contributed by atoms with E-state index in [9.17, 15) is 9.59 Å². The summed E-state index contributed by atoms with van der Waals surface area (Å²) in [6.45, 7) is 13.1. The van der Waals surface area contributed by atoms with Crippen LogP contribution in [-0.2, 0) is 9.59 Å². The second-order valence-electron chi connectivity index (χ2n) is 7.31. The number of hydrogen-bond acceptors (Lipinski definition) is 2. The van der Waals surface area contributed by atoms with E-state index < -0.39 is 5.54 Å². The number of piperazine rings is 1. The Morgan fingerprint density at radius 3 is 2.29 bits per heavy atom. The molecule has 0 aromatic rings. The molecule has 0 aliphatic carbocycles. The van der Waals surface area contributed by atoms with Crippen LogP contribution in [-0.4, -0.2) is 34.8 Å². The number of hydrogen-bond donors (Lipinski definition) is 1. The third-order valence-corrected chi connectivity index (χ3v) is 4.51. The van der Waals surface area contributed by atoms with Crippen molar-refractivity contribution in [3.63, 3.8) is 0 Å². The van der Waals surface area contributed by atoms with Crippen molar-refractivity contribution in [1.29, 1.82) is 0 Å². The highest BCUT2D eigenvalue weighted by Gasteiger charge is 2.47. The molecule has 0 aromatic carbocycles. The molecule has 0 saturated carbocycles. The lowest BCUT2D eigenvalue weighted by atomic mass is 9.88. The molecule has 1 saturated heterocycles. The van der Waals surface area contributed by atoms with E-state index in [1.54, 1.807) is 0 Å². The fourth-order valence-electron chi connectivity index (χ4n) is 2.93. The van der Waals surface area contributed by atoms with Crippen LogP contribution >= 0.6 is 0 Å². The summed E-state index contributed by atoms with van der Waals surface area (Å²) >= 11 is 0. The molecule has 122 valence electrons. The fraction of sp³-hybridized carbons (Fsp3) is 0.882. The van der Waals surface area contributed by atoms with Gasteiger partial charge in [0.05, 0.1) is 0 Å². The van der Waals surface area contributed by atoms with E-state index in [0.717, 1.165) is 12.8 Å². The summed E-state index contributed by atoms with van der Waals surface area (Å²) in [5.74, 6) is 1.11. The number of nitrogens with one attached hydrogen (secondary N) is 1. The maximum Gasteiger partial charge on any atom is 0.246 e. The average Bonchev–Trinajstić information content (AvgIpc) is 2.39. The Balaban J connectivity index is 2.88. The van der Waals surface area contributed by atoms with Gasteiger partial charge in [-0.15, -0.1) is 0 Å². The molecule has 2 atom stereocenters. The molecule has 1 aliphatic rings. The predicted octanol–water partition coefficient (Wildman–Crippen LogP) is 2.96. The Labute approximate surface area is 129 Å². The summed E-state index contributed by atoms with van der Waals surface area (Å²) in [6, 6.07) is -0.351. The molecule has 21 heavy (non-hydrogen) atoms. The topological polar surface area (TPSA) is 49.4 Å². The molecule has 0 spiro atoms. The number of carbonyl (C=O) groups excluding carboxylic acids is 2.